The van der Waals surface area contributed by atoms with Crippen molar-refractivity contribution in [3.63, 3.8) is 0 Å². The van der Waals surface area contributed by atoms with E-state index in [0.717, 1.165) is 25.7 Å². The van der Waals surface area contributed by atoms with Crippen LogP contribution in [0.15, 0.2) is 23.1 Å². The fourth-order valence-corrected chi connectivity index (χ4v) is 6.16. The molecule has 172 valence electrons. The monoisotopic (exact) mass is 490 g/mol. The zero-order valence-electron chi connectivity index (χ0n) is 17.4. The molecule has 8 nitrogen and oxygen atoms in total. The van der Waals surface area contributed by atoms with E-state index in [1.54, 1.807) is 13.0 Å². The van der Waals surface area contributed by atoms with Gasteiger partial charge >= 0.3 is 6.03 Å². The van der Waals surface area contributed by atoms with Crippen LogP contribution < -0.4 is 10.6 Å². The largest absolute Gasteiger partial charge is 0.335 e. The third-order valence-electron chi connectivity index (χ3n) is 5.91. The summed E-state index contributed by atoms with van der Waals surface area (Å²) in [6.45, 7) is 2.84. The molecule has 1 saturated carbocycles. The zero-order valence-corrected chi connectivity index (χ0v) is 19.8. The maximum atomic E-state index is 12.9. The van der Waals surface area contributed by atoms with E-state index in [-0.39, 0.29) is 34.1 Å². The molecule has 1 aromatic rings. The molecule has 1 heterocycles. The second-order valence-corrected chi connectivity index (χ2v) is 10.7. The second-order valence-electron chi connectivity index (χ2n) is 7.97. The maximum absolute atomic E-state index is 12.9. The number of hydrogen-bond acceptors (Lipinski definition) is 5. The Labute approximate surface area is 193 Å². The van der Waals surface area contributed by atoms with E-state index < -0.39 is 28.0 Å². The van der Waals surface area contributed by atoms with Crippen LogP contribution in [0.3, 0.4) is 0 Å². The Hall–Kier alpha value is -1.39. The lowest BCUT2D eigenvalue weighted by molar-refractivity contribution is -0.125. The first kappa shape index (κ1) is 24.3. The fraction of sp³-hybridized carbons (Fsp3) is 0.600. The number of sulfonamides is 1. The van der Waals surface area contributed by atoms with Gasteiger partial charge in [0.1, 0.15) is 4.90 Å². The number of nitrogens with zero attached hydrogens (tertiary/aromatic N) is 2. The second kappa shape index (κ2) is 10.5. The van der Waals surface area contributed by atoms with Gasteiger partial charge in [-0.05, 0) is 31.9 Å². The van der Waals surface area contributed by atoms with E-state index in [4.69, 9.17) is 23.2 Å². The van der Waals surface area contributed by atoms with Crippen molar-refractivity contribution in [3.8, 4) is 0 Å². The van der Waals surface area contributed by atoms with Crippen molar-refractivity contribution in [1.29, 1.82) is 0 Å². The van der Waals surface area contributed by atoms with Crippen LogP contribution in [0.1, 0.15) is 39.0 Å². The number of urea groups is 1. The van der Waals surface area contributed by atoms with Gasteiger partial charge in [0.2, 0.25) is 15.9 Å². The predicted molar refractivity (Wildman–Crippen MR) is 120 cm³/mol. The van der Waals surface area contributed by atoms with Crippen molar-refractivity contribution < 1.29 is 18.0 Å². The zero-order chi connectivity index (χ0) is 22.6. The van der Waals surface area contributed by atoms with Crippen LogP contribution >= 0.6 is 23.2 Å². The summed E-state index contributed by atoms with van der Waals surface area (Å²) in [7, 11) is -3.79. The minimum atomic E-state index is -3.79. The third-order valence-corrected chi connectivity index (χ3v) is 8.78. The molecule has 1 saturated heterocycles. The van der Waals surface area contributed by atoms with Crippen LogP contribution in [0, 0.1) is 0 Å². The highest BCUT2D eigenvalue weighted by Gasteiger charge is 2.33. The highest BCUT2D eigenvalue weighted by atomic mass is 35.5. The van der Waals surface area contributed by atoms with Gasteiger partial charge in [0, 0.05) is 32.2 Å². The standard InChI is InChI=1S/C20H28Cl2N4O4S/c1-14(19(27)24-20(28)23-15-6-3-2-4-7-15)25-10-12-26(13-11-25)31(29,30)17-9-5-8-16(21)18(17)22/h5,8-9,14-15H,2-4,6-7,10-13H2,1H3,(H2,23,24,27,28). The van der Waals surface area contributed by atoms with Crippen LogP contribution in [0.5, 0.6) is 0 Å². The topological polar surface area (TPSA) is 98.8 Å². The third kappa shape index (κ3) is 5.90. The van der Waals surface area contributed by atoms with Gasteiger partial charge in [-0.2, -0.15) is 4.31 Å². The first-order valence-electron chi connectivity index (χ1n) is 10.5. The van der Waals surface area contributed by atoms with Gasteiger partial charge in [-0.1, -0.05) is 48.5 Å². The molecular weight excluding hydrogens is 463 g/mol. The molecule has 0 spiro atoms. The highest BCUT2D eigenvalue weighted by molar-refractivity contribution is 7.89. The molecule has 1 aliphatic heterocycles. The molecule has 1 aromatic carbocycles. The van der Waals surface area contributed by atoms with E-state index in [0.29, 0.717) is 13.1 Å². The molecule has 3 amide bonds. The smallest absolute Gasteiger partial charge is 0.321 e. The molecule has 0 radical (unpaired) electrons. The summed E-state index contributed by atoms with van der Waals surface area (Å²) in [6.07, 6.45) is 5.22. The summed E-state index contributed by atoms with van der Waals surface area (Å²) in [6, 6.07) is 3.59. The van der Waals surface area contributed by atoms with E-state index in [1.807, 2.05) is 4.90 Å². The average Bonchev–Trinajstić information content (AvgIpc) is 2.75. The Kier molecular flexibility index (Phi) is 8.20. The van der Waals surface area contributed by atoms with Crippen molar-refractivity contribution >= 4 is 45.2 Å². The van der Waals surface area contributed by atoms with Crippen LogP contribution in [-0.2, 0) is 14.8 Å². The maximum Gasteiger partial charge on any atom is 0.321 e. The molecule has 31 heavy (non-hydrogen) atoms. The van der Waals surface area contributed by atoms with Gasteiger partial charge in [0.15, 0.2) is 0 Å². The molecule has 3 rings (SSSR count). The summed E-state index contributed by atoms with van der Waals surface area (Å²) in [5.74, 6) is -0.400. The van der Waals surface area contributed by atoms with Crippen LogP contribution in [0.25, 0.3) is 0 Å². The Balaban J connectivity index is 1.53. The van der Waals surface area contributed by atoms with E-state index in [2.05, 4.69) is 10.6 Å². The SMILES string of the molecule is CC(C(=O)NC(=O)NC1CCCCC1)N1CCN(S(=O)(=O)c2cccc(Cl)c2Cl)CC1. The summed E-state index contributed by atoms with van der Waals surface area (Å²) in [5.41, 5.74) is 0. The van der Waals surface area contributed by atoms with E-state index in [9.17, 15) is 18.0 Å². The minimum absolute atomic E-state index is 0.00307. The Morgan fingerprint density at radius 2 is 1.71 bits per heavy atom. The predicted octanol–water partition coefficient (Wildman–Crippen LogP) is 2.85. The molecule has 0 aromatic heterocycles. The number of rotatable bonds is 5. The molecule has 1 unspecified atom stereocenters. The first-order chi connectivity index (χ1) is 14.7. The summed E-state index contributed by atoms with van der Waals surface area (Å²) < 4.78 is 27.2. The lowest BCUT2D eigenvalue weighted by atomic mass is 9.96. The van der Waals surface area contributed by atoms with Gasteiger partial charge < -0.3 is 5.32 Å². The number of halogens is 2. The van der Waals surface area contributed by atoms with Crippen molar-refractivity contribution in [2.24, 2.45) is 0 Å². The van der Waals surface area contributed by atoms with Gasteiger partial charge in [0.05, 0.1) is 16.1 Å². The van der Waals surface area contributed by atoms with Crippen LogP contribution in [0.2, 0.25) is 10.0 Å². The number of amides is 3. The van der Waals surface area contributed by atoms with E-state index in [1.165, 1.54) is 22.9 Å². The average molecular weight is 491 g/mol. The number of hydrogen-bond donors (Lipinski definition) is 2. The summed E-state index contributed by atoms with van der Waals surface area (Å²) >= 11 is 12.1. The Morgan fingerprint density at radius 1 is 1.06 bits per heavy atom. The molecule has 2 N–H and O–H groups in total. The number of imide groups is 1. The Bertz CT molecular complexity index is 914. The molecule has 2 aliphatic rings. The van der Waals surface area contributed by atoms with Gasteiger partial charge in [0.25, 0.3) is 0 Å². The number of piperazine rings is 1. The lowest BCUT2D eigenvalue weighted by Gasteiger charge is -2.36. The Morgan fingerprint density at radius 3 is 2.35 bits per heavy atom. The van der Waals surface area contributed by atoms with Crippen LogP contribution in [-0.4, -0.2) is 67.8 Å². The molecule has 11 heteroatoms. The molecule has 0 bridgehead atoms. The quantitative estimate of drug-likeness (QED) is 0.660. The molecule has 1 aliphatic carbocycles. The van der Waals surface area contributed by atoms with Crippen molar-refractivity contribution in [3.05, 3.63) is 28.2 Å². The summed E-state index contributed by atoms with van der Waals surface area (Å²) in [4.78, 5) is 26.5. The first-order valence-corrected chi connectivity index (χ1v) is 12.7. The van der Waals surface area contributed by atoms with Gasteiger partial charge in [-0.25, -0.2) is 13.2 Å². The van der Waals surface area contributed by atoms with Crippen molar-refractivity contribution in [2.45, 2.75) is 56.0 Å². The van der Waals surface area contributed by atoms with Gasteiger partial charge in [-0.3, -0.25) is 15.0 Å². The van der Waals surface area contributed by atoms with Crippen LogP contribution in [0.4, 0.5) is 4.79 Å². The lowest BCUT2D eigenvalue weighted by Crippen LogP contribution is -2.56. The minimum Gasteiger partial charge on any atom is -0.335 e. The number of carbonyl (C=O) groups is 2. The number of nitrogens with one attached hydrogen (secondary N) is 2. The van der Waals surface area contributed by atoms with Crippen molar-refractivity contribution in [2.75, 3.05) is 26.2 Å². The highest BCUT2D eigenvalue weighted by Crippen LogP contribution is 2.31. The van der Waals surface area contributed by atoms with Gasteiger partial charge in [-0.15, -0.1) is 0 Å². The molecular formula is C20H28Cl2N4O4S. The summed E-state index contributed by atoms with van der Waals surface area (Å²) in [5, 5.41) is 5.45. The molecule has 2 fully saturated rings. The van der Waals surface area contributed by atoms with E-state index >= 15 is 0 Å². The van der Waals surface area contributed by atoms with Crippen molar-refractivity contribution in [1.82, 2.24) is 19.8 Å². The fourth-order valence-electron chi connectivity index (χ4n) is 4.00. The number of carbonyl (C=O) groups excluding carboxylic acids is 2. The number of benzene rings is 1. The molecule has 1 atom stereocenters. The normalized spacial score (nSPS) is 20.2.